The minimum absolute atomic E-state index is 0.672. The summed E-state index contributed by atoms with van der Waals surface area (Å²) in [4.78, 5) is 0. The molecule has 0 aliphatic heterocycles. The lowest BCUT2D eigenvalue weighted by molar-refractivity contribution is 0.123. The topological polar surface area (TPSA) is 79.7 Å². The van der Waals surface area contributed by atoms with Crippen molar-refractivity contribution in [1.82, 2.24) is 0 Å². The maximum absolute atomic E-state index is 6.17. The Kier molecular flexibility index (Phi) is 6.31. The second kappa shape index (κ2) is 7.30. The van der Waals surface area contributed by atoms with Gasteiger partial charge in [0.25, 0.3) is 0 Å². The van der Waals surface area contributed by atoms with Crippen molar-refractivity contribution >= 4 is 8.80 Å². The van der Waals surface area contributed by atoms with E-state index in [1.54, 1.807) is 21.3 Å². The lowest BCUT2D eigenvalue weighted by Crippen LogP contribution is -2.46. The van der Waals surface area contributed by atoms with Crippen molar-refractivity contribution < 1.29 is 13.3 Å². The Morgan fingerprint density at radius 2 is 1.60 bits per heavy atom. The molecule has 0 atom stereocenters. The Balaban J connectivity index is 2.94. The van der Waals surface area contributed by atoms with E-state index in [-0.39, 0.29) is 0 Å². The van der Waals surface area contributed by atoms with Gasteiger partial charge in [0.05, 0.1) is 5.66 Å². The molecule has 114 valence electrons. The molecule has 0 saturated heterocycles. The van der Waals surface area contributed by atoms with Crippen LogP contribution in [-0.2, 0) is 25.4 Å². The fourth-order valence-electron chi connectivity index (χ4n) is 2.23. The molecule has 0 heterocycles. The van der Waals surface area contributed by atoms with Gasteiger partial charge in [-0.05, 0) is 24.0 Å². The second-order valence-electron chi connectivity index (χ2n) is 4.85. The van der Waals surface area contributed by atoms with Crippen LogP contribution in [0.15, 0.2) is 24.3 Å². The van der Waals surface area contributed by atoms with Crippen LogP contribution in [0, 0.1) is 0 Å². The molecule has 0 radical (unpaired) electrons. The Morgan fingerprint density at radius 3 is 2.10 bits per heavy atom. The number of benzene rings is 1. The Labute approximate surface area is 122 Å². The van der Waals surface area contributed by atoms with Crippen molar-refractivity contribution in [1.29, 1.82) is 0 Å². The first-order valence-electron chi connectivity index (χ1n) is 6.76. The van der Waals surface area contributed by atoms with Crippen LogP contribution in [0.2, 0.25) is 6.04 Å². The van der Waals surface area contributed by atoms with E-state index in [1.807, 2.05) is 31.2 Å². The summed E-state index contributed by atoms with van der Waals surface area (Å²) in [5, 5.41) is 0. The van der Waals surface area contributed by atoms with Gasteiger partial charge in [0.1, 0.15) is 0 Å². The van der Waals surface area contributed by atoms with Gasteiger partial charge in [-0.15, -0.1) is 0 Å². The van der Waals surface area contributed by atoms with Crippen LogP contribution in [0.1, 0.15) is 24.5 Å². The van der Waals surface area contributed by atoms with Gasteiger partial charge < -0.3 is 24.7 Å². The highest BCUT2D eigenvalue weighted by Crippen LogP contribution is 2.24. The minimum Gasteiger partial charge on any atom is -0.377 e. The number of nitrogens with two attached hydrogens (primary N) is 2. The molecule has 0 aliphatic carbocycles. The first-order valence-corrected chi connectivity index (χ1v) is 8.69. The van der Waals surface area contributed by atoms with E-state index in [4.69, 9.17) is 24.7 Å². The van der Waals surface area contributed by atoms with Crippen molar-refractivity contribution in [2.75, 3.05) is 21.3 Å². The monoisotopic (exact) mass is 298 g/mol. The fourth-order valence-corrected chi connectivity index (χ4v) is 3.91. The van der Waals surface area contributed by atoms with E-state index in [1.165, 1.54) is 0 Å². The lowest BCUT2D eigenvalue weighted by Gasteiger charge is -2.28. The Hall–Kier alpha value is -0.763. The van der Waals surface area contributed by atoms with E-state index in [0.717, 1.165) is 17.5 Å². The third-order valence-electron chi connectivity index (χ3n) is 3.74. The number of hydrogen-bond acceptors (Lipinski definition) is 5. The molecule has 0 spiro atoms. The normalized spacial score (nSPS) is 12.7. The van der Waals surface area contributed by atoms with Gasteiger partial charge in [0, 0.05) is 27.4 Å². The molecule has 5 nitrogen and oxygen atoms in total. The molecule has 1 aromatic rings. The zero-order valence-corrected chi connectivity index (χ0v) is 13.8. The fraction of sp³-hybridized carbons (Fsp3) is 0.571. The van der Waals surface area contributed by atoms with Crippen molar-refractivity contribution in [3.05, 3.63) is 35.4 Å². The van der Waals surface area contributed by atoms with Crippen LogP contribution < -0.4 is 11.5 Å². The van der Waals surface area contributed by atoms with Crippen LogP contribution in [0.5, 0.6) is 0 Å². The molecule has 1 rings (SSSR count). The van der Waals surface area contributed by atoms with E-state index in [9.17, 15) is 0 Å². The van der Waals surface area contributed by atoms with Gasteiger partial charge >= 0.3 is 8.80 Å². The van der Waals surface area contributed by atoms with Crippen LogP contribution in [0.25, 0.3) is 0 Å². The lowest BCUT2D eigenvalue weighted by atomic mass is 9.92. The van der Waals surface area contributed by atoms with Gasteiger partial charge in [0.15, 0.2) is 0 Å². The van der Waals surface area contributed by atoms with Crippen LogP contribution in [-0.4, -0.2) is 30.1 Å². The van der Waals surface area contributed by atoms with Crippen molar-refractivity contribution in [3.8, 4) is 0 Å². The van der Waals surface area contributed by atoms with Gasteiger partial charge in [-0.3, -0.25) is 0 Å². The average molecular weight is 298 g/mol. The van der Waals surface area contributed by atoms with E-state index < -0.39 is 14.5 Å². The molecular weight excluding hydrogens is 272 g/mol. The van der Waals surface area contributed by atoms with Gasteiger partial charge in [-0.25, -0.2) is 0 Å². The number of aryl methyl sites for hydroxylation is 1. The minimum atomic E-state index is -2.57. The molecule has 0 bridgehead atoms. The average Bonchev–Trinajstić information content (AvgIpc) is 2.49. The molecule has 0 amide bonds. The zero-order valence-electron chi connectivity index (χ0n) is 12.8. The molecule has 6 heteroatoms. The predicted octanol–water partition coefficient (Wildman–Crippen LogP) is 1.59. The predicted molar refractivity (Wildman–Crippen MR) is 82.1 cm³/mol. The third-order valence-corrected chi connectivity index (χ3v) is 6.47. The molecule has 20 heavy (non-hydrogen) atoms. The Bertz CT molecular complexity index is 414. The molecule has 0 unspecified atom stereocenters. The largest absolute Gasteiger partial charge is 0.500 e. The molecule has 0 aliphatic rings. The summed E-state index contributed by atoms with van der Waals surface area (Å²) < 4.78 is 16.3. The summed E-state index contributed by atoms with van der Waals surface area (Å²) in [6, 6.07) is 8.65. The highest BCUT2D eigenvalue weighted by atomic mass is 28.4. The third kappa shape index (κ3) is 3.88. The zero-order chi connectivity index (χ0) is 15.2. The smallest absolute Gasteiger partial charge is 0.377 e. The maximum Gasteiger partial charge on any atom is 0.500 e. The summed E-state index contributed by atoms with van der Waals surface area (Å²) in [5.74, 6) is 0. The standard InChI is InChI=1S/C14H26N2O3Si/c1-5-14(15,16)13-9-7-6-8-12(13)10-11-20(17-2,18-3)19-4/h6-9H,5,10-11,15-16H2,1-4H3. The number of rotatable bonds is 8. The van der Waals surface area contributed by atoms with Crippen LogP contribution in [0.3, 0.4) is 0 Å². The summed E-state index contributed by atoms with van der Waals surface area (Å²) in [7, 11) is 2.28. The van der Waals surface area contributed by atoms with Crippen molar-refractivity contribution in [2.45, 2.75) is 31.5 Å². The van der Waals surface area contributed by atoms with Gasteiger partial charge in [-0.1, -0.05) is 31.2 Å². The molecule has 0 fully saturated rings. The first-order chi connectivity index (χ1) is 9.44. The molecule has 1 aromatic carbocycles. The summed E-state index contributed by atoms with van der Waals surface area (Å²) in [6.45, 7) is 1.98. The highest BCUT2D eigenvalue weighted by molar-refractivity contribution is 6.60. The van der Waals surface area contributed by atoms with E-state index >= 15 is 0 Å². The van der Waals surface area contributed by atoms with Crippen molar-refractivity contribution in [3.63, 3.8) is 0 Å². The van der Waals surface area contributed by atoms with E-state index in [0.29, 0.717) is 12.5 Å². The second-order valence-corrected chi connectivity index (χ2v) is 7.94. The SMILES string of the molecule is CCC(N)(N)c1ccccc1CC[Si](OC)(OC)OC. The molecule has 0 aromatic heterocycles. The maximum atomic E-state index is 6.17. The van der Waals surface area contributed by atoms with Crippen LogP contribution >= 0.6 is 0 Å². The molecular formula is C14H26N2O3Si. The van der Waals surface area contributed by atoms with Gasteiger partial charge in [-0.2, -0.15) is 0 Å². The summed E-state index contributed by atoms with van der Waals surface area (Å²) in [5.41, 5.74) is 13.6. The van der Waals surface area contributed by atoms with E-state index in [2.05, 4.69) is 0 Å². The first kappa shape index (κ1) is 17.3. The van der Waals surface area contributed by atoms with Crippen molar-refractivity contribution in [2.24, 2.45) is 11.5 Å². The van der Waals surface area contributed by atoms with Gasteiger partial charge in [0.2, 0.25) is 0 Å². The summed E-state index contributed by atoms with van der Waals surface area (Å²) in [6.07, 6.45) is 1.43. The molecule has 4 N–H and O–H groups in total. The Morgan fingerprint density at radius 1 is 1.05 bits per heavy atom. The summed E-state index contributed by atoms with van der Waals surface area (Å²) >= 11 is 0. The van der Waals surface area contributed by atoms with Crippen LogP contribution in [0.4, 0.5) is 0 Å². The molecule has 0 saturated carbocycles. The number of hydrogen-bond donors (Lipinski definition) is 2. The quantitative estimate of drug-likeness (QED) is 0.563. The highest BCUT2D eigenvalue weighted by Gasteiger charge is 2.37.